The summed E-state index contributed by atoms with van der Waals surface area (Å²) in [5.41, 5.74) is 3.16. The van der Waals surface area contributed by atoms with Crippen molar-refractivity contribution in [1.82, 2.24) is 14.5 Å². The Balaban J connectivity index is 2.28. The molecule has 0 bridgehead atoms. The minimum absolute atomic E-state index is 0.0520. The van der Waals surface area contributed by atoms with Gasteiger partial charge in [0.1, 0.15) is 0 Å². The van der Waals surface area contributed by atoms with Gasteiger partial charge in [0.25, 0.3) is 0 Å². The van der Waals surface area contributed by atoms with E-state index in [9.17, 15) is 8.42 Å². The zero-order valence-corrected chi connectivity index (χ0v) is 16.1. The second-order valence-electron chi connectivity index (χ2n) is 6.45. The largest absolute Gasteiger partial charge is 0.317 e. The molecule has 136 valence electrons. The highest BCUT2D eigenvalue weighted by Crippen LogP contribution is 2.16. The van der Waals surface area contributed by atoms with Gasteiger partial charge in [0, 0.05) is 19.6 Å². The van der Waals surface area contributed by atoms with Gasteiger partial charge in [-0.05, 0) is 26.0 Å². The summed E-state index contributed by atoms with van der Waals surface area (Å²) in [5, 5.41) is 0.171. The van der Waals surface area contributed by atoms with Crippen molar-refractivity contribution in [2.24, 2.45) is 0 Å². The standard InChI is InChI=1S/C19H27N3O2S/c1-5-25(23,24)19-20-13-18(15-21(4)14-16(2)3)22(19)12-11-17-9-7-6-8-10-17/h6-10,13H,2,5,11-12,14-15H2,1,3-4H3. The molecule has 0 N–H and O–H groups in total. The molecule has 2 aromatic rings. The van der Waals surface area contributed by atoms with Gasteiger partial charge in [-0.25, -0.2) is 13.4 Å². The number of aryl methyl sites for hydroxylation is 1. The Morgan fingerprint density at radius 2 is 1.96 bits per heavy atom. The highest BCUT2D eigenvalue weighted by atomic mass is 32.2. The fourth-order valence-corrected chi connectivity index (χ4v) is 3.83. The fraction of sp³-hybridized carbons (Fsp3) is 0.421. The quantitative estimate of drug-likeness (QED) is 0.645. The number of rotatable bonds is 9. The van der Waals surface area contributed by atoms with E-state index in [2.05, 4.69) is 28.6 Å². The Bertz CT molecular complexity index is 810. The molecule has 6 heteroatoms. The van der Waals surface area contributed by atoms with Crippen LogP contribution in [0.25, 0.3) is 0 Å². The lowest BCUT2D eigenvalue weighted by Crippen LogP contribution is -2.23. The minimum atomic E-state index is -3.36. The number of imidazole rings is 1. The van der Waals surface area contributed by atoms with Gasteiger partial charge in [0.15, 0.2) is 0 Å². The van der Waals surface area contributed by atoms with Crippen LogP contribution in [0.15, 0.2) is 53.8 Å². The van der Waals surface area contributed by atoms with Gasteiger partial charge >= 0.3 is 0 Å². The van der Waals surface area contributed by atoms with E-state index < -0.39 is 9.84 Å². The molecular formula is C19H27N3O2S. The monoisotopic (exact) mass is 361 g/mol. The molecule has 0 atom stereocenters. The van der Waals surface area contributed by atoms with E-state index in [-0.39, 0.29) is 10.9 Å². The summed E-state index contributed by atoms with van der Waals surface area (Å²) in [7, 11) is -1.36. The second-order valence-corrected chi connectivity index (χ2v) is 8.62. The van der Waals surface area contributed by atoms with E-state index in [0.29, 0.717) is 13.1 Å². The molecule has 0 unspecified atom stereocenters. The fourth-order valence-electron chi connectivity index (χ4n) is 2.81. The molecule has 0 aliphatic rings. The van der Waals surface area contributed by atoms with Crippen molar-refractivity contribution in [3.05, 3.63) is 59.9 Å². The lowest BCUT2D eigenvalue weighted by Gasteiger charge is -2.18. The normalized spacial score (nSPS) is 11.8. The summed E-state index contributed by atoms with van der Waals surface area (Å²) in [5.74, 6) is 0.0520. The summed E-state index contributed by atoms with van der Waals surface area (Å²) in [6.45, 7) is 9.55. The van der Waals surface area contributed by atoms with Crippen molar-refractivity contribution in [2.45, 2.75) is 38.5 Å². The van der Waals surface area contributed by atoms with Crippen molar-refractivity contribution in [1.29, 1.82) is 0 Å². The maximum absolute atomic E-state index is 12.4. The Hall–Kier alpha value is -1.92. The summed E-state index contributed by atoms with van der Waals surface area (Å²) in [4.78, 5) is 6.34. The van der Waals surface area contributed by atoms with Gasteiger partial charge < -0.3 is 4.57 Å². The number of sulfone groups is 1. The lowest BCUT2D eigenvalue weighted by atomic mass is 10.1. The number of likely N-dealkylation sites (N-methyl/N-ethyl adjacent to an activating group) is 1. The first-order chi connectivity index (χ1) is 11.8. The number of nitrogens with zero attached hydrogens (tertiary/aromatic N) is 3. The number of hydrogen-bond acceptors (Lipinski definition) is 4. The van der Waals surface area contributed by atoms with E-state index in [1.54, 1.807) is 13.1 Å². The number of benzene rings is 1. The molecule has 0 saturated carbocycles. The zero-order chi connectivity index (χ0) is 18.4. The van der Waals surface area contributed by atoms with E-state index in [0.717, 1.165) is 24.2 Å². The highest BCUT2D eigenvalue weighted by Gasteiger charge is 2.22. The molecule has 0 saturated heterocycles. The van der Waals surface area contributed by atoms with Crippen molar-refractivity contribution < 1.29 is 8.42 Å². The molecule has 0 aliphatic heterocycles. The molecule has 0 amide bonds. The van der Waals surface area contributed by atoms with Crippen LogP contribution in [0.2, 0.25) is 0 Å². The minimum Gasteiger partial charge on any atom is -0.317 e. The zero-order valence-electron chi connectivity index (χ0n) is 15.3. The van der Waals surface area contributed by atoms with Crippen LogP contribution >= 0.6 is 0 Å². The third-order valence-corrected chi connectivity index (χ3v) is 5.64. The van der Waals surface area contributed by atoms with Crippen LogP contribution in [-0.4, -0.2) is 42.2 Å². The number of hydrogen-bond donors (Lipinski definition) is 0. The molecule has 0 aliphatic carbocycles. The molecule has 1 aromatic heterocycles. The van der Waals surface area contributed by atoms with Crippen molar-refractivity contribution in [3.63, 3.8) is 0 Å². The molecule has 0 fully saturated rings. The van der Waals surface area contributed by atoms with E-state index >= 15 is 0 Å². The van der Waals surface area contributed by atoms with E-state index in [1.165, 1.54) is 5.56 Å². The topological polar surface area (TPSA) is 55.2 Å². The van der Waals surface area contributed by atoms with Gasteiger partial charge in [-0.1, -0.05) is 49.4 Å². The van der Waals surface area contributed by atoms with Gasteiger partial charge in [-0.2, -0.15) is 0 Å². The Kier molecular flexibility index (Phi) is 6.56. The average molecular weight is 362 g/mol. The van der Waals surface area contributed by atoms with Gasteiger partial charge in [0.2, 0.25) is 15.0 Å². The van der Waals surface area contributed by atoms with Crippen LogP contribution in [0.3, 0.4) is 0 Å². The molecule has 5 nitrogen and oxygen atoms in total. The second kappa shape index (κ2) is 8.45. The van der Waals surface area contributed by atoms with E-state index in [1.807, 2.05) is 36.7 Å². The Morgan fingerprint density at radius 3 is 2.56 bits per heavy atom. The Morgan fingerprint density at radius 1 is 1.28 bits per heavy atom. The maximum Gasteiger partial charge on any atom is 0.227 e. The molecule has 25 heavy (non-hydrogen) atoms. The SMILES string of the molecule is C=C(C)CN(C)Cc1cnc(S(=O)(=O)CC)n1CCc1ccccc1. The molecule has 0 spiro atoms. The van der Waals surface area contributed by atoms with Crippen LogP contribution in [0.5, 0.6) is 0 Å². The van der Waals surface area contributed by atoms with Crippen molar-refractivity contribution in [2.75, 3.05) is 19.3 Å². The Labute approximate surface area is 150 Å². The first kappa shape index (κ1) is 19.4. The van der Waals surface area contributed by atoms with Crippen LogP contribution in [0.1, 0.15) is 25.1 Å². The smallest absolute Gasteiger partial charge is 0.227 e. The van der Waals surface area contributed by atoms with Crippen molar-refractivity contribution >= 4 is 9.84 Å². The summed E-state index contributed by atoms with van der Waals surface area (Å²) in [6.07, 6.45) is 2.45. The molecule has 2 rings (SSSR count). The summed E-state index contributed by atoms with van der Waals surface area (Å²) < 4.78 is 26.6. The molecule has 0 radical (unpaired) electrons. The summed E-state index contributed by atoms with van der Waals surface area (Å²) in [6, 6.07) is 10.1. The predicted octanol–water partition coefficient (Wildman–Crippen LogP) is 2.93. The predicted molar refractivity (Wildman–Crippen MR) is 101 cm³/mol. The third kappa shape index (κ3) is 5.28. The summed E-state index contributed by atoms with van der Waals surface area (Å²) >= 11 is 0. The van der Waals surface area contributed by atoms with Crippen LogP contribution in [-0.2, 0) is 29.3 Å². The number of aromatic nitrogens is 2. The van der Waals surface area contributed by atoms with Crippen LogP contribution < -0.4 is 0 Å². The average Bonchev–Trinajstić information content (AvgIpc) is 2.96. The highest BCUT2D eigenvalue weighted by molar-refractivity contribution is 7.91. The lowest BCUT2D eigenvalue weighted by molar-refractivity contribution is 0.341. The van der Waals surface area contributed by atoms with Gasteiger partial charge in [0.05, 0.1) is 17.6 Å². The van der Waals surface area contributed by atoms with Crippen LogP contribution in [0, 0.1) is 0 Å². The first-order valence-corrected chi connectivity index (χ1v) is 10.1. The third-order valence-electron chi connectivity index (χ3n) is 4.00. The van der Waals surface area contributed by atoms with Crippen molar-refractivity contribution in [3.8, 4) is 0 Å². The van der Waals surface area contributed by atoms with Gasteiger partial charge in [-0.3, -0.25) is 4.90 Å². The van der Waals surface area contributed by atoms with E-state index in [4.69, 9.17) is 0 Å². The first-order valence-electron chi connectivity index (χ1n) is 8.47. The molecule has 1 aromatic carbocycles. The van der Waals surface area contributed by atoms with Crippen LogP contribution in [0.4, 0.5) is 0 Å². The molecule has 1 heterocycles. The van der Waals surface area contributed by atoms with Gasteiger partial charge in [-0.15, -0.1) is 0 Å². The maximum atomic E-state index is 12.4. The molecular weight excluding hydrogens is 334 g/mol.